The van der Waals surface area contributed by atoms with E-state index in [-0.39, 0.29) is 5.91 Å². The summed E-state index contributed by atoms with van der Waals surface area (Å²) >= 11 is 0. The second-order valence-electron chi connectivity index (χ2n) is 6.58. The smallest absolute Gasteiger partial charge is 0.289 e. The van der Waals surface area contributed by atoms with Crippen LogP contribution < -0.4 is 14.4 Å². The molecule has 0 radical (unpaired) electrons. The highest BCUT2D eigenvalue weighted by Gasteiger charge is 2.26. The van der Waals surface area contributed by atoms with E-state index in [0.717, 1.165) is 11.2 Å². The van der Waals surface area contributed by atoms with Crippen LogP contribution in [0.2, 0.25) is 0 Å². The topological polar surface area (TPSA) is 80.9 Å². The summed E-state index contributed by atoms with van der Waals surface area (Å²) in [5.41, 5.74) is 0.593. The van der Waals surface area contributed by atoms with Gasteiger partial charge >= 0.3 is 0 Å². The Morgan fingerprint density at radius 2 is 1.86 bits per heavy atom. The number of aromatic nitrogens is 2. The van der Waals surface area contributed by atoms with Gasteiger partial charge < -0.3 is 23.7 Å². The number of aryl methyl sites for hydroxylation is 1. The molecule has 0 aliphatic carbocycles. The molecule has 1 saturated heterocycles. The molecule has 0 bridgehead atoms. The van der Waals surface area contributed by atoms with Gasteiger partial charge in [0.1, 0.15) is 11.6 Å². The Labute approximate surface area is 162 Å². The number of fused-ring (bicyclic) bond motifs is 1. The molecule has 8 nitrogen and oxygen atoms in total. The summed E-state index contributed by atoms with van der Waals surface area (Å²) in [5, 5.41) is 0.852. The molecule has 1 aromatic carbocycles. The zero-order valence-electron chi connectivity index (χ0n) is 16.1. The van der Waals surface area contributed by atoms with Crippen LogP contribution in [-0.2, 0) is 0 Å². The summed E-state index contributed by atoms with van der Waals surface area (Å²) in [7, 11) is 3.17. The largest absolute Gasteiger partial charge is 0.493 e. The third-order valence-corrected chi connectivity index (χ3v) is 4.84. The normalized spacial score (nSPS) is 14.4. The van der Waals surface area contributed by atoms with Gasteiger partial charge in [0.15, 0.2) is 17.1 Å². The van der Waals surface area contributed by atoms with Crippen molar-refractivity contribution in [1.82, 2.24) is 14.9 Å². The maximum absolute atomic E-state index is 12.9. The minimum atomic E-state index is -0.116. The van der Waals surface area contributed by atoms with Crippen molar-refractivity contribution in [3.05, 3.63) is 41.9 Å². The molecule has 146 valence electrons. The number of para-hydroxylation sites is 1. The molecule has 0 saturated carbocycles. The molecular weight excluding hydrogens is 360 g/mol. The maximum Gasteiger partial charge on any atom is 0.289 e. The number of nitrogens with zero attached hydrogens (tertiary/aromatic N) is 4. The third-order valence-electron chi connectivity index (χ3n) is 4.84. The van der Waals surface area contributed by atoms with Crippen molar-refractivity contribution in [2.45, 2.75) is 6.92 Å². The molecule has 1 aliphatic heterocycles. The zero-order valence-corrected chi connectivity index (χ0v) is 16.1. The lowest BCUT2D eigenvalue weighted by Crippen LogP contribution is -2.49. The maximum atomic E-state index is 12.9. The Kier molecular flexibility index (Phi) is 4.77. The lowest BCUT2D eigenvalue weighted by Gasteiger charge is -2.35. The first-order valence-electron chi connectivity index (χ1n) is 9.09. The average Bonchev–Trinajstić information content (AvgIpc) is 3.17. The Bertz CT molecular complexity index is 1010. The van der Waals surface area contributed by atoms with Gasteiger partial charge in [-0.2, -0.15) is 4.98 Å². The van der Waals surface area contributed by atoms with E-state index in [4.69, 9.17) is 13.9 Å². The number of hydrogen-bond acceptors (Lipinski definition) is 7. The number of anilines is 1. The van der Waals surface area contributed by atoms with Gasteiger partial charge in [0.25, 0.3) is 5.91 Å². The van der Waals surface area contributed by atoms with Crippen LogP contribution in [0.25, 0.3) is 11.0 Å². The zero-order chi connectivity index (χ0) is 19.7. The molecule has 1 fully saturated rings. The summed E-state index contributed by atoms with van der Waals surface area (Å²) in [5.74, 6) is 2.84. The first-order chi connectivity index (χ1) is 13.6. The van der Waals surface area contributed by atoms with Gasteiger partial charge in [-0.25, -0.2) is 4.98 Å². The van der Waals surface area contributed by atoms with Crippen molar-refractivity contribution in [1.29, 1.82) is 0 Å². The fourth-order valence-electron chi connectivity index (χ4n) is 3.39. The number of hydrogen-bond donors (Lipinski definition) is 0. The number of furan rings is 1. The average molecular weight is 382 g/mol. The van der Waals surface area contributed by atoms with E-state index >= 15 is 0 Å². The van der Waals surface area contributed by atoms with E-state index in [9.17, 15) is 4.79 Å². The van der Waals surface area contributed by atoms with Crippen molar-refractivity contribution in [3.63, 3.8) is 0 Å². The second-order valence-corrected chi connectivity index (χ2v) is 6.58. The van der Waals surface area contributed by atoms with E-state index in [2.05, 4.69) is 14.9 Å². The van der Waals surface area contributed by atoms with Crippen LogP contribution in [0.4, 0.5) is 5.82 Å². The SMILES string of the molecule is COc1cc(N2CCN(C(=O)c3cc4cccc(OC)c4o3)CC2)nc(C)n1. The van der Waals surface area contributed by atoms with Gasteiger partial charge in [-0.15, -0.1) is 0 Å². The van der Waals surface area contributed by atoms with Crippen molar-refractivity contribution >= 4 is 22.7 Å². The minimum absolute atomic E-state index is 0.116. The lowest BCUT2D eigenvalue weighted by molar-refractivity contribution is 0.0716. The van der Waals surface area contributed by atoms with Crippen molar-refractivity contribution < 1.29 is 18.7 Å². The first kappa shape index (κ1) is 18.1. The molecule has 3 aromatic rings. The number of carbonyl (C=O) groups excluding carboxylic acids is 1. The van der Waals surface area contributed by atoms with Gasteiger partial charge in [0.2, 0.25) is 5.88 Å². The lowest BCUT2D eigenvalue weighted by atomic mass is 10.2. The van der Waals surface area contributed by atoms with Gasteiger partial charge in [0.05, 0.1) is 14.2 Å². The molecule has 2 aromatic heterocycles. The number of methoxy groups -OCH3 is 2. The van der Waals surface area contributed by atoms with Crippen LogP contribution in [0.5, 0.6) is 11.6 Å². The molecule has 4 rings (SSSR count). The summed E-state index contributed by atoms with van der Waals surface area (Å²) in [6.45, 7) is 4.35. The molecule has 0 unspecified atom stereocenters. The first-order valence-corrected chi connectivity index (χ1v) is 9.09. The third kappa shape index (κ3) is 3.33. The van der Waals surface area contributed by atoms with Gasteiger partial charge in [-0.05, 0) is 19.1 Å². The Morgan fingerprint density at radius 1 is 1.07 bits per heavy atom. The van der Waals surface area contributed by atoms with E-state index in [1.807, 2.05) is 31.2 Å². The number of piperazine rings is 1. The standard InChI is InChI=1S/C20H22N4O4/c1-13-21-17(12-18(22-13)27-3)23-7-9-24(10-8-23)20(25)16-11-14-5-4-6-15(26-2)19(14)28-16/h4-6,11-12H,7-10H2,1-3H3. The highest BCUT2D eigenvalue weighted by atomic mass is 16.5. The Balaban J connectivity index is 1.48. The second kappa shape index (κ2) is 7.38. The summed E-state index contributed by atoms with van der Waals surface area (Å²) in [6.07, 6.45) is 0. The van der Waals surface area contributed by atoms with Crippen LogP contribution in [0.3, 0.4) is 0 Å². The Morgan fingerprint density at radius 3 is 2.57 bits per heavy atom. The van der Waals surface area contributed by atoms with Crippen molar-refractivity contribution in [3.8, 4) is 11.6 Å². The number of amides is 1. The molecule has 0 N–H and O–H groups in total. The van der Waals surface area contributed by atoms with Crippen LogP contribution in [0.15, 0.2) is 34.7 Å². The summed E-state index contributed by atoms with van der Waals surface area (Å²) in [4.78, 5) is 25.5. The van der Waals surface area contributed by atoms with Crippen LogP contribution in [0.1, 0.15) is 16.4 Å². The van der Waals surface area contributed by atoms with E-state index < -0.39 is 0 Å². The van der Waals surface area contributed by atoms with E-state index in [0.29, 0.717) is 55.0 Å². The molecule has 28 heavy (non-hydrogen) atoms. The summed E-state index contributed by atoms with van der Waals surface area (Å²) < 4.78 is 16.3. The monoisotopic (exact) mass is 382 g/mol. The van der Waals surface area contributed by atoms with Gasteiger partial charge in [-0.3, -0.25) is 4.79 Å². The van der Waals surface area contributed by atoms with Crippen LogP contribution in [0, 0.1) is 6.92 Å². The number of benzene rings is 1. The van der Waals surface area contributed by atoms with E-state index in [1.165, 1.54) is 0 Å². The fraction of sp³-hybridized carbons (Fsp3) is 0.350. The van der Waals surface area contributed by atoms with Gasteiger partial charge in [0, 0.05) is 37.6 Å². The van der Waals surface area contributed by atoms with Crippen molar-refractivity contribution in [2.75, 3.05) is 45.3 Å². The molecule has 8 heteroatoms. The molecule has 0 atom stereocenters. The predicted molar refractivity (Wildman–Crippen MR) is 104 cm³/mol. The predicted octanol–water partition coefficient (Wildman–Crippen LogP) is 2.51. The fourth-order valence-corrected chi connectivity index (χ4v) is 3.39. The highest BCUT2D eigenvalue weighted by molar-refractivity contribution is 5.97. The number of carbonyl (C=O) groups is 1. The quantitative estimate of drug-likeness (QED) is 0.686. The highest BCUT2D eigenvalue weighted by Crippen LogP contribution is 2.29. The molecular formula is C20H22N4O4. The van der Waals surface area contributed by atoms with E-state index in [1.54, 1.807) is 25.2 Å². The number of ether oxygens (including phenoxy) is 2. The minimum Gasteiger partial charge on any atom is -0.493 e. The van der Waals surface area contributed by atoms with Crippen LogP contribution in [-0.4, -0.2) is 61.2 Å². The summed E-state index contributed by atoms with van der Waals surface area (Å²) in [6, 6.07) is 9.18. The molecule has 1 amide bonds. The Hall–Kier alpha value is -3.29. The number of rotatable bonds is 4. The molecule has 3 heterocycles. The van der Waals surface area contributed by atoms with Crippen molar-refractivity contribution in [2.24, 2.45) is 0 Å². The molecule has 1 aliphatic rings. The van der Waals surface area contributed by atoms with Crippen LogP contribution >= 0.6 is 0 Å². The molecule has 0 spiro atoms. The van der Waals surface area contributed by atoms with Gasteiger partial charge in [-0.1, -0.05) is 12.1 Å².